The van der Waals surface area contributed by atoms with E-state index in [1.165, 1.54) is 11.8 Å². The molecule has 0 radical (unpaired) electrons. The van der Waals surface area contributed by atoms with Crippen molar-refractivity contribution in [1.29, 1.82) is 0 Å². The molecular formula is C11H17N3O2S2. The largest absolute Gasteiger partial charge is 0.358 e. The minimum atomic E-state index is -0.148. The van der Waals surface area contributed by atoms with Crippen LogP contribution in [0, 0.1) is 6.92 Å². The van der Waals surface area contributed by atoms with Crippen LogP contribution < -0.4 is 5.32 Å². The van der Waals surface area contributed by atoms with Gasteiger partial charge in [0.25, 0.3) is 0 Å². The van der Waals surface area contributed by atoms with Crippen molar-refractivity contribution in [3.63, 3.8) is 0 Å². The summed E-state index contributed by atoms with van der Waals surface area (Å²) in [6, 6.07) is 1.67. The normalized spacial score (nSPS) is 10.2. The summed E-state index contributed by atoms with van der Waals surface area (Å²) in [5.74, 6) is 0.493. The third-order valence-corrected chi connectivity index (χ3v) is 3.76. The van der Waals surface area contributed by atoms with Crippen LogP contribution in [0.5, 0.6) is 0 Å². The highest BCUT2D eigenvalue weighted by molar-refractivity contribution is 8.23. The number of aryl methyl sites for hydroxylation is 1. The summed E-state index contributed by atoms with van der Waals surface area (Å²) in [6.45, 7) is 7.57. The van der Waals surface area contributed by atoms with Crippen LogP contribution in [0.25, 0.3) is 0 Å². The molecule has 0 unspecified atom stereocenters. The van der Waals surface area contributed by atoms with Crippen molar-refractivity contribution in [2.45, 2.75) is 20.8 Å². The Kier molecular flexibility index (Phi) is 6.14. The molecule has 100 valence electrons. The maximum atomic E-state index is 11.6. The van der Waals surface area contributed by atoms with Crippen molar-refractivity contribution in [3.8, 4) is 0 Å². The Labute approximate surface area is 116 Å². The summed E-state index contributed by atoms with van der Waals surface area (Å²) in [7, 11) is 0. The lowest BCUT2D eigenvalue weighted by Crippen LogP contribution is -2.28. The summed E-state index contributed by atoms with van der Waals surface area (Å²) >= 11 is 6.59. The Morgan fingerprint density at radius 2 is 2.22 bits per heavy atom. The molecule has 1 amide bonds. The molecule has 1 aromatic rings. The fraction of sp³-hybridized carbons (Fsp3) is 0.545. The van der Waals surface area contributed by atoms with Gasteiger partial charge in [0.05, 0.1) is 11.4 Å². The Bertz CT molecular complexity index is 416. The molecule has 0 saturated carbocycles. The van der Waals surface area contributed by atoms with Crippen LogP contribution in [0.3, 0.4) is 0 Å². The highest BCUT2D eigenvalue weighted by Gasteiger charge is 2.11. The van der Waals surface area contributed by atoms with Crippen molar-refractivity contribution in [2.75, 3.05) is 24.2 Å². The second-order valence-corrected chi connectivity index (χ2v) is 5.22. The number of hydrogen-bond acceptors (Lipinski definition) is 5. The zero-order valence-corrected chi connectivity index (χ0v) is 12.4. The Morgan fingerprint density at radius 3 is 2.72 bits per heavy atom. The van der Waals surface area contributed by atoms with Gasteiger partial charge in [-0.3, -0.25) is 10.1 Å². The standard InChI is InChI=1S/C11H17N3O2S2/c1-4-14(5-2)11(17)18-7-9(15)12-10-6-8(3)13-16-10/h6H,4-5,7H2,1-3H3,(H,12,15). The highest BCUT2D eigenvalue weighted by Crippen LogP contribution is 2.12. The number of nitrogens with zero attached hydrogens (tertiary/aromatic N) is 2. The number of thiocarbonyl (C=S) groups is 1. The smallest absolute Gasteiger partial charge is 0.237 e. The first-order valence-electron chi connectivity index (χ1n) is 5.71. The van der Waals surface area contributed by atoms with E-state index in [0.29, 0.717) is 5.88 Å². The number of anilines is 1. The molecule has 1 rings (SSSR count). The molecule has 0 saturated heterocycles. The number of carbonyl (C=O) groups is 1. The van der Waals surface area contributed by atoms with E-state index < -0.39 is 0 Å². The van der Waals surface area contributed by atoms with Gasteiger partial charge in [-0.2, -0.15) is 0 Å². The van der Waals surface area contributed by atoms with Crippen LogP contribution in [0.15, 0.2) is 10.6 Å². The zero-order chi connectivity index (χ0) is 13.5. The summed E-state index contributed by atoms with van der Waals surface area (Å²) < 4.78 is 5.64. The van der Waals surface area contributed by atoms with Gasteiger partial charge in [0.1, 0.15) is 4.32 Å². The molecule has 1 N–H and O–H groups in total. The minimum absolute atomic E-state index is 0.148. The van der Waals surface area contributed by atoms with Gasteiger partial charge in [0.2, 0.25) is 11.8 Å². The summed E-state index contributed by atoms with van der Waals surface area (Å²) in [6.07, 6.45) is 0. The van der Waals surface area contributed by atoms with Crippen molar-refractivity contribution in [2.24, 2.45) is 0 Å². The minimum Gasteiger partial charge on any atom is -0.358 e. The molecule has 0 aliphatic rings. The first kappa shape index (κ1) is 15.0. The van der Waals surface area contributed by atoms with Crippen LogP contribution in [0.2, 0.25) is 0 Å². The molecule has 0 bridgehead atoms. The maximum Gasteiger partial charge on any atom is 0.237 e. The first-order valence-corrected chi connectivity index (χ1v) is 7.11. The molecule has 0 spiro atoms. The molecule has 18 heavy (non-hydrogen) atoms. The van der Waals surface area contributed by atoms with Crippen molar-refractivity contribution >= 4 is 40.1 Å². The van der Waals surface area contributed by atoms with Gasteiger partial charge in [-0.1, -0.05) is 29.1 Å². The van der Waals surface area contributed by atoms with Crippen molar-refractivity contribution < 1.29 is 9.32 Å². The number of carbonyl (C=O) groups excluding carboxylic acids is 1. The number of amides is 1. The SMILES string of the molecule is CCN(CC)C(=S)SCC(=O)Nc1cc(C)no1. The van der Waals surface area contributed by atoms with Gasteiger partial charge in [-0.25, -0.2) is 0 Å². The van der Waals surface area contributed by atoms with Crippen LogP contribution in [0.1, 0.15) is 19.5 Å². The van der Waals surface area contributed by atoms with E-state index in [9.17, 15) is 4.79 Å². The highest BCUT2D eigenvalue weighted by atomic mass is 32.2. The third-order valence-electron chi connectivity index (χ3n) is 2.24. The lowest BCUT2D eigenvalue weighted by Gasteiger charge is -2.20. The first-order chi connectivity index (χ1) is 8.56. The van der Waals surface area contributed by atoms with E-state index in [2.05, 4.69) is 10.5 Å². The molecule has 0 aromatic carbocycles. The molecule has 0 atom stereocenters. The molecule has 0 aliphatic heterocycles. The molecule has 0 aliphatic carbocycles. The molecule has 1 heterocycles. The van der Waals surface area contributed by atoms with Gasteiger partial charge in [0, 0.05) is 19.2 Å². The zero-order valence-electron chi connectivity index (χ0n) is 10.7. The topological polar surface area (TPSA) is 58.4 Å². The predicted molar refractivity (Wildman–Crippen MR) is 77.8 cm³/mol. The van der Waals surface area contributed by atoms with Crippen molar-refractivity contribution in [3.05, 3.63) is 11.8 Å². The lowest BCUT2D eigenvalue weighted by atomic mass is 10.5. The monoisotopic (exact) mass is 287 g/mol. The molecule has 7 heteroatoms. The van der Waals surface area contributed by atoms with Gasteiger partial charge >= 0.3 is 0 Å². The van der Waals surface area contributed by atoms with Crippen LogP contribution in [0.4, 0.5) is 5.88 Å². The van der Waals surface area contributed by atoms with E-state index in [0.717, 1.165) is 23.1 Å². The van der Waals surface area contributed by atoms with E-state index in [1.54, 1.807) is 13.0 Å². The summed E-state index contributed by atoms with van der Waals surface area (Å²) in [5, 5.41) is 6.32. The fourth-order valence-corrected chi connectivity index (χ4v) is 2.50. The summed E-state index contributed by atoms with van der Waals surface area (Å²) in [5.41, 5.74) is 0.733. The van der Waals surface area contributed by atoms with E-state index >= 15 is 0 Å². The van der Waals surface area contributed by atoms with Crippen LogP contribution >= 0.6 is 24.0 Å². The average molecular weight is 287 g/mol. The number of thioether (sulfide) groups is 1. The van der Waals surface area contributed by atoms with Gasteiger partial charge in [0.15, 0.2) is 0 Å². The Hall–Kier alpha value is -1.08. The Balaban J connectivity index is 2.35. The van der Waals surface area contributed by atoms with Crippen LogP contribution in [-0.4, -0.2) is 39.1 Å². The third kappa shape index (κ3) is 4.66. The second kappa shape index (κ2) is 7.38. The molecule has 0 fully saturated rings. The number of aromatic nitrogens is 1. The maximum absolute atomic E-state index is 11.6. The summed E-state index contributed by atoms with van der Waals surface area (Å²) in [4.78, 5) is 13.7. The van der Waals surface area contributed by atoms with E-state index in [-0.39, 0.29) is 11.7 Å². The average Bonchev–Trinajstić information content (AvgIpc) is 2.73. The van der Waals surface area contributed by atoms with Gasteiger partial charge in [-0.05, 0) is 20.8 Å². The lowest BCUT2D eigenvalue weighted by molar-refractivity contribution is -0.113. The number of hydrogen-bond donors (Lipinski definition) is 1. The van der Waals surface area contributed by atoms with Crippen molar-refractivity contribution in [1.82, 2.24) is 10.1 Å². The quantitative estimate of drug-likeness (QED) is 0.839. The number of rotatable bonds is 5. The van der Waals surface area contributed by atoms with E-state index in [4.69, 9.17) is 16.7 Å². The fourth-order valence-electron chi connectivity index (χ4n) is 1.30. The van der Waals surface area contributed by atoms with Crippen LogP contribution in [-0.2, 0) is 4.79 Å². The number of nitrogens with one attached hydrogen (secondary N) is 1. The predicted octanol–water partition coefficient (Wildman–Crippen LogP) is 2.28. The molecule has 5 nitrogen and oxygen atoms in total. The van der Waals surface area contributed by atoms with Gasteiger partial charge in [-0.15, -0.1) is 0 Å². The van der Waals surface area contributed by atoms with E-state index in [1.807, 2.05) is 18.7 Å². The second-order valence-electron chi connectivity index (χ2n) is 3.61. The molecule has 1 aromatic heterocycles. The van der Waals surface area contributed by atoms with Gasteiger partial charge < -0.3 is 9.42 Å². The Morgan fingerprint density at radius 1 is 1.56 bits per heavy atom. The molecular weight excluding hydrogens is 270 g/mol.